The van der Waals surface area contributed by atoms with Crippen molar-refractivity contribution in [3.05, 3.63) is 24.2 Å². The molecule has 0 bridgehead atoms. The SMILES string of the molecule is O=C(NC1CC1)c1ccco1. The second-order valence-corrected chi connectivity index (χ2v) is 2.73. The third-order valence-corrected chi connectivity index (χ3v) is 1.66. The molecule has 1 N–H and O–H groups in total. The Balaban J connectivity index is 1.99. The van der Waals surface area contributed by atoms with Gasteiger partial charge in [-0.3, -0.25) is 4.79 Å². The van der Waals surface area contributed by atoms with E-state index in [0.29, 0.717) is 11.8 Å². The average molecular weight is 151 g/mol. The highest BCUT2D eigenvalue weighted by molar-refractivity contribution is 5.91. The summed E-state index contributed by atoms with van der Waals surface area (Å²) in [5.41, 5.74) is 0. The van der Waals surface area contributed by atoms with E-state index in [-0.39, 0.29) is 5.91 Å². The van der Waals surface area contributed by atoms with Gasteiger partial charge in [-0.25, -0.2) is 0 Å². The molecule has 0 saturated heterocycles. The zero-order valence-electron chi connectivity index (χ0n) is 6.04. The van der Waals surface area contributed by atoms with Gasteiger partial charge < -0.3 is 9.73 Å². The maximum absolute atomic E-state index is 11.2. The van der Waals surface area contributed by atoms with Gasteiger partial charge in [0.25, 0.3) is 5.91 Å². The van der Waals surface area contributed by atoms with Crippen LogP contribution < -0.4 is 5.32 Å². The lowest BCUT2D eigenvalue weighted by molar-refractivity contribution is 0.0923. The highest BCUT2D eigenvalue weighted by Crippen LogP contribution is 2.19. The predicted molar refractivity (Wildman–Crippen MR) is 39.2 cm³/mol. The Bertz CT molecular complexity index is 249. The molecule has 11 heavy (non-hydrogen) atoms. The molecule has 1 fully saturated rings. The Hall–Kier alpha value is -1.25. The fourth-order valence-corrected chi connectivity index (χ4v) is 0.892. The first-order valence-corrected chi connectivity index (χ1v) is 3.70. The summed E-state index contributed by atoms with van der Waals surface area (Å²) in [6.07, 6.45) is 3.71. The maximum Gasteiger partial charge on any atom is 0.287 e. The molecule has 1 aliphatic rings. The molecular weight excluding hydrogens is 142 g/mol. The molecule has 0 aromatic carbocycles. The molecule has 0 atom stereocenters. The Morgan fingerprint density at radius 2 is 2.45 bits per heavy atom. The van der Waals surface area contributed by atoms with E-state index in [1.54, 1.807) is 12.1 Å². The van der Waals surface area contributed by atoms with E-state index in [0.717, 1.165) is 12.8 Å². The first kappa shape index (κ1) is 6.46. The van der Waals surface area contributed by atoms with Gasteiger partial charge in [0.05, 0.1) is 6.26 Å². The van der Waals surface area contributed by atoms with Crippen LogP contribution in [0.3, 0.4) is 0 Å². The van der Waals surface area contributed by atoms with Crippen molar-refractivity contribution >= 4 is 5.91 Å². The zero-order chi connectivity index (χ0) is 7.68. The molecule has 1 saturated carbocycles. The van der Waals surface area contributed by atoms with Crippen molar-refractivity contribution in [2.75, 3.05) is 0 Å². The summed E-state index contributed by atoms with van der Waals surface area (Å²) in [5, 5.41) is 2.82. The van der Waals surface area contributed by atoms with Crippen LogP contribution in [0.15, 0.2) is 22.8 Å². The van der Waals surface area contributed by atoms with Gasteiger partial charge in [-0.15, -0.1) is 0 Å². The lowest BCUT2D eigenvalue weighted by atomic mass is 10.4. The van der Waals surface area contributed by atoms with E-state index in [1.807, 2.05) is 0 Å². The number of carbonyl (C=O) groups excluding carboxylic acids is 1. The fourth-order valence-electron chi connectivity index (χ4n) is 0.892. The first-order valence-electron chi connectivity index (χ1n) is 3.70. The highest BCUT2D eigenvalue weighted by Gasteiger charge is 2.24. The minimum absolute atomic E-state index is 0.0995. The fraction of sp³-hybridized carbons (Fsp3) is 0.375. The number of hydrogen-bond donors (Lipinski definition) is 1. The van der Waals surface area contributed by atoms with E-state index in [1.165, 1.54) is 6.26 Å². The first-order chi connectivity index (χ1) is 5.36. The molecule has 1 aliphatic carbocycles. The molecule has 0 unspecified atom stereocenters. The van der Waals surface area contributed by atoms with Crippen molar-refractivity contribution in [1.82, 2.24) is 5.32 Å². The van der Waals surface area contributed by atoms with Crippen molar-refractivity contribution in [2.24, 2.45) is 0 Å². The number of amides is 1. The molecule has 1 heterocycles. The van der Waals surface area contributed by atoms with Crippen LogP contribution in [0.1, 0.15) is 23.4 Å². The van der Waals surface area contributed by atoms with Crippen molar-refractivity contribution < 1.29 is 9.21 Å². The second kappa shape index (κ2) is 2.42. The van der Waals surface area contributed by atoms with Gasteiger partial charge in [-0.05, 0) is 25.0 Å². The number of furan rings is 1. The lowest BCUT2D eigenvalue weighted by Gasteiger charge is -1.97. The second-order valence-electron chi connectivity index (χ2n) is 2.73. The largest absolute Gasteiger partial charge is 0.459 e. The monoisotopic (exact) mass is 151 g/mol. The summed E-state index contributed by atoms with van der Waals surface area (Å²) in [4.78, 5) is 11.2. The van der Waals surface area contributed by atoms with E-state index in [2.05, 4.69) is 5.32 Å². The van der Waals surface area contributed by atoms with Gasteiger partial charge >= 0.3 is 0 Å². The van der Waals surface area contributed by atoms with Gasteiger partial charge in [-0.2, -0.15) is 0 Å². The van der Waals surface area contributed by atoms with Crippen LogP contribution in [0.4, 0.5) is 0 Å². The van der Waals surface area contributed by atoms with Crippen LogP contribution in [-0.4, -0.2) is 11.9 Å². The Labute approximate surface area is 64.4 Å². The molecule has 3 heteroatoms. The zero-order valence-corrected chi connectivity index (χ0v) is 6.04. The lowest BCUT2D eigenvalue weighted by Crippen LogP contribution is -2.24. The molecular formula is C8H9NO2. The molecule has 3 nitrogen and oxygen atoms in total. The quantitative estimate of drug-likeness (QED) is 0.689. The maximum atomic E-state index is 11.2. The molecule has 58 valence electrons. The third-order valence-electron chi connectivity index (χ3n) is 1.66. The number of nitrogens with one attached hydrogen (secondary N) is 1. The summed E-state index contributed by atoms with van der Waals surface area (Å²) in [5.74, 6) is 0.300. The van der Waals surface area contributed by atoms with Crippen molar-refractivity contribution in [2.45, 2.75) is 18.9 Å². The van der Waals surface area contributed by atoms with Crippen molar-refractivity contribution in [1.29, 1.82) is 0 Å². The number of rotatable bonds is 2. The van der Waals surface area contributed by atoms with Crippen molar-refractivity contribution in [3.8, 4) is 0 Å². The van der Waals surface area contributed by atoms with Gasteiger partial charge in [0, 0.05) is 6.04 Å². The van der Waals surface area contributed by atoms with Crippen LogP contribution in [0, 0.1) is 0 Å². The predicted octanol–water partition coefficient (Wildman–Crippen LogP) is 1.17. The van der Waals surface area contributed by atoms with Crippen LogP contribution in [0.5, 0.6) is 0 Å². The van der Waals surface area contributed by atoms with Gasteiger partial charge in [-0.1, -0.05) is 0 Å². The van der Waals surface area contributed by atoms with Gasteiger partial charge in [0.2, 0.25) is 0 Å². The summed E-state index contributed by atoms with van der Waals surface area (Å²) >= 11 is 0. The molecule has 0 radical (unpaired) electrons. The summed E-state index contributed by atoms with van der Waals surface area (Å²) in [7, 11) is 0. The van der Waals surface area contributed by atoms with Gasteiger partial charge in [0.15, 0.2) is 5.76 Å². The Kier molecular flexibility index (Phi) is 1.42. The summed E-state index contributed by atoms with van der Waals surface area (Å²) in [6.45, 7) is 0. The summed E-state index contributed by atoms with van der Waals surface area (Å²) < 4.78 is 4.91. The number of hydrogen-bond acceptors (Lipinski definition) is 2. The van der Waals surface area contributed by atoms with Gasteiger partial charge in [0.1, 0.15) is 0 Å². The van der Waals surface area contributed by atoms with E-state index < -0.39 is 0 Å². The highest BCUT2D eigenvalue weighted by atomic mass is 16.3. The van der Waals surface area contributed by atoms with Crippen LogP contribution in [0.2, 0.25) is 0 Å². The van der Waals surface area contributed by atoms with E-state index in [4.69, 9.17) is 4.42 Å². The minimum atomic E-state index is -0.0995. The van der Waals surface area contributed by atoms with Crippen LogP contribution >= 0.6 is 0 Å². The van der Waals surface area contributed by atoms with Crippen LogP contribution in [0.25, 0.3) is 0 Å². The average Bonchev–Trinajstić information content (AvgIpc) is 2.67. The molecule has 1 aromatic heterocycles. The normalized spacial score (nSPS) is 16.4. The molecule has 0 spiro atoms. The molecule has 0 aliphatic heterocycles. The van der Waals surface area contributed by atoms with Crippen molar-refractivity contribution in [3.63, 3.8) is 0 Å². The Morgan fingerprint density at radius 1 is 1.64 bits per heavy atom. The Morgan fingerprint density at radius 3 is 3.00 bits per heavy atom. The smallest absolute Gasteiger partial charge is 0.287 e. The standard InChI is InChI=1S/C8H9NO2/c10-8(9-6-3-4-6)7-2-1-5-11-7/h1-2,5-6H,3-4H2,(H,9,10). The number of carbonyl (C=O) groups is 1. The summed E-state index contributed by atoms with van der Waals surface area (Å²) in [6, 6.07) is 3.77. The molecule has 1 aromatic rings. The van der Waals surface area contributed by atoms with E-state index >= 15 is 0 Å². The molecule has 1 amide bonds. The minimum Gasteiger partial charge on any atom is -0.459 e. The van der Waals surface area contributed by atoms with E-state index in [9.17, 15) is 4.79 Å². The topological polar surface area (TPSA) is 42.2 Å². The van der Waals surface area contributed by atoms with Crippen LogP contribution in [-0.2, 0) is 0 Å². The third kappa shape index (κ3) is 1.42. The molecule has 2 rings (SSSR count).